The van der Waals surface area contributed by atoms with Gasteiger partial charge in [0.05, 0.1) is 19.3 Å². The first-order valence-corrected chi connectivity index (χ1v) is 7.40. The minimum Gasteiger partial charge on any atom is -0.497 e. The van der Waals surface area contributed by atoms with Crippen molar-refractivity contribution in [3.05, 3.63) is 29.8 Å². The maximum Gasteiger partial charge on any atom is 0.119 e. The molecule has 0 amide bonds. The lowest BCUT2D eigenvalue weighted by molar-refractivity contribution is -0.0678. The van der Waals surface area contributed by atoms with Crippen LogP contribution in [-0.4, -0.2) is 42.6 Å². The van der Waals surface area contributed by atoms with Gasteiger partial charge in [0, 0.05) is 25.0 Å². The Bertz CT molecular complexity index is 386. The van der Waals surface area contributed by atoms with Crippen molar-refractivity contribution < 1.29 is 9.47 Å². The van der Waals surface area contributed by atoms with Gasteiger partial charge in [0.15, 0.2) is 0 Å². The molecule has 0 saturated carbocycles. The van der Waals surface area contributed by atoms with Crippen molar-refractivity contribution in [2.75, 3.05) is 25.5 Å². The number of morpholine rings is 1. The largest absolute Gasteiger partial charge is 0.497 e. The number of nitrogens with zero attached hydrogens (tertiary/aromatic N) is 1. The Morgan fingerprint density at radius 2 is 2.28 bits per heavy atom. The molecule has 1 aromatic carbocycles. The highest BCUT2D eigenvalue weighted by molar-refractivity contribution is 9.09. The summed E-state index contributed by atoms with van der Waals surface area (Å²) in [5.41, 5.74) is 1.29. The molecule has 1 fully saturated rings. The molecule has 0 N–H and O–H groups in total. The number of ether oxygens (including phenoxy) is 2. The lowest BCUT2D eigenvalue weighted by Crippen LogP contribution is -2.46. The minimum atomic E-state index is 0.291. The smallest absolute Gasteiger partial charge is 0.119 e. The summed E-state index contributed by atoms with van der Waals surface area (Å²) >= 11 is 3.50. The molecule has 100 valence electrons. The van der Waals surface area contributed by atoms with E-state index in [-0.39, 0.29) is 0 Å². The number of hydrogen-bond acceptors (Lipinski definition) is 3. The molecule has 0 spiro atoms. The maximum absolute atomic E-state index is 5.84. The highest BCUT2D eigenvalue weighted by Gasteiger charge is 2.24. The van der Waals surface area contributed by atoms with Crippen LogP contribution in [0.1, 0.15) is 12.5 Å². The SMILES string of the molecule is COc1cccc(CN2CC(C)OC(CBr)C2)c1. The first kappa shape index (κ1) is 13.8. The van der Waals surface area contributed by atoms with Crippen LogP contribution in [0.5, 0.6) is 5.75 Å². The first-order chi connectivity index (χ1) is 8.71. The topological polar surface area (TPSA) is 21.7 Å². The average Bonchev–Trinajstić information content (AvgIpc) is 2.38. The molecule has 0 radical (unpaired) electrons. The molecule has 1 aliphatic heterocycles. The number of alkyl halides is 1. The van der Waals surface area contributed by atoms with E-state index >= 15 is 0 Å². The normalized spacial score (nSPS) is 25.1. The molecule has 1 aromatic rings. The van der Waals surface area contributed by atoms with Crippen molar-refractivity contribution in [2.24, 2.45) is 0 Å². The van der Waals surface area contributed by atoms with Gasteiger partial charge in [0.25, 0.3) is 0 Å². The Labute approximate surface area is 117 Å². The maximum atomic E-state index is 5.84. The number of methoxy groups -OCH3 is 1. The summed E-state index contributed by atoms with van der Waals surface area (Å²) in [4.78, 5) is 2.44. The fraction of sp³-hybridized carbons (Fsp3) is 0.571. The molecule has 0 bridgehead atoms. The highest BCUT2D eigenvalue weighted by atomic mass is 79.9. The van der Waals surface area contributed by atoms with Crippen molar-refractivity contribution in [2.45, 2.75) is 25.7 Å². The number of halogens is 1. The lowest BCUT2D eigenvalue weighted by atomic mass is 10.1. The first-order valence-electron chi connectivity index (χ1n) is 6.28. The van der Waals surface area contributed by atoms with E-state index in [0.717, 1.165) is 30.7 Å². The van der Waals surface area contributed by atoms with Crippen molar-refractivity contribution in [1.82, 2.24) is 4.90 Å². The van der Waals surface area contributed by atoms with Crippen LogP contribution in [-0.2, 0) is 11.3 Å². The summed E-state index contributed by atoms with van der Waals surface area (Å²) in [7, 11) is 1.71. The fourth-order valence-electron chi connectivity index (χ4n) is 2.38. The van der Waals surface area contributed by atoms with Crippen molar-refractivity contribution in [1.29, 1.82) is 0 Å². The Kier molecular flexibility index (Phi) is 5.03. The fourth-order valence-corrected chi connectivity index (χ4v) is 2.74. The summed E-state index contributed by atoms with van der Waals surface area (Å²) in [6.45, 7) is 5.05. The number of hydrogen-bond donors (Lipinski definition) is 0. The molecule has 4 heteroatoms. The molecule has 2 atom stereocenters. The van der Waals surface area contributed by atoms with Gasteiger partial charge < -0.3 is 9.47 Å². The number of rotatable bonds is 4. The van der Waals surface area contributed by atoms with Crippen molar-refractivity contribution >= 4 is 15.9 Å². The zero-order valence-electron chi connectivity index (χ0n) is 10.9. The van der Waals surface area contributed by atoms with E-state index in [1.54, 1.807) is 7.11 Å². The zero-order chi connectivity index (χ0) is 13.0. The van der Waals surface area contributed by atoms with Gasteiger partial charge >= 0.3 is 0 Å². The van der Waals surface area contributed by atoms with Gasteiger partial charge in [-0.25, -0.2) is 0 Å². The van der Waals surface area contributed by atoms with E-state index in [0.29, 0.717) is 12.2 Å². The summed E-state index contributed by atoms with van der Waals surface area (Å²) in [6.07, 6.45) is 0.589. The van der Waals surface area contributed by atoms with E-state index in [1.807, 2.05) is 12.1 Å². The Morgan fingerprint density at radius 3 is 3.00 bits per heavy atom. The van der Waals surface area contributed by atoms with Crippen LogP contribution in [0.4, 0.5) is 0 Å². The second-order valence-electron chi connectivity index (χ2n) is 4.77. The third-order valence-corrected chi connectivity index (χ3v) is 3.84. The minimum absolute atomic E-state index is 0.291. The molecule has 0 aliphatic carbocycles. The molecule has 2 unspecified atom stereocenters. The molecule has 0 aromatic heterocycles. The molecular formula is C14H20BrNO2. The summed E-state index contributed by atoms with van der Waals surface area (Å²) < 4.78 is 11.1. The molecule has 1 saturated heterocycles. The second kappa shape index (κ2) is 6.55. The quantitative estimate of drug-likeness (QED) is 0.798. The second-order valence-corrected chi connectivity index (χ2v) is 5.42. The van der Waals surface area contributed by atoms with Gasteiger partial charge in [0.1, 0.15) is 5.75 Å². The van der Waals surface area contributed by atoms with Crippen LogP contribution in [0.25, 0.3) is 0 Å². The van der Waals surface area contributed by atoms with Gasteiger partial charge in [-0.05, 0) is 24.6 Å². The summed E-state index contributed by atoms with van der Waals surface area (Å²) in [6, 6.07) is 8.27. The van der Waals surface area contributed by atoms with Crippen molar-refractivity contribution in [3.8, 4) is 5.75 Å². The van der Waals surface area contributed by atoms with E-state index in [2.05, 4.69) is 39.9 Å². The van der Waals surface area contributed by atoms with E-state index in [9.17, 15) is 0 Å². The van der Waals surface area contributed by atoms with Crippen molar-refractivity contribution in [3.63, 3.8) is 0 Å². The van der Waals surface area contributed by atoms with Crippen LogP contribution in [0.3, 0.4) is 0 Å². The predicted molar refractivity (Wildman–Crippen MR) is 76.4 cm³/mol. The van der Waals surface area contributed by atoms with Crippen LogP contribution in [0.2, 0.25) is 0 Å². The summed E-state index contributed by atoms with van der Waals surface area (Å²) in [5, 5.41) is 0.895. The number of benzene rings is 1. The molecular weight excluding hydrogens is 294 g/mol. The molecule has 1 heterocycles. The average molecular weight is 314 g/mol. The molecule has 18 heavy (non-hydrogen) atoms. The lowest BCUT2D eigenvalue weighted by Gasteiger charge is -2.36. The van der Waals surface area contributed by atoms with Crippen LogP contribution >= 0.6 is 15.9 Å². The van der Waals surface area contributed by atoms with Crippen LogP contribution in [0, 0.1) is 0 Å². The third-order valence-electron chi connectivity index (χ3n) is 3.11. The van der Waals surface area contributed by atoms with Gasteiger partial charge in [-0.3, -0.25) is 4.90 Å². The van der Waals surface area contributed by atoms with E-state index in [1.165, 1.54) is 5.56 Å². The monoisotopic (exact) mass is 313 g/mol. The summed E-state index contributed by atoms with van der Waals surface area (Å²) in [5.74, 6) is 0.922. The third kappa shape index (κ3) is 3.70. The Balaban J connectivity index is 1.99. The standard InChI is InChI=1S/C14H20BrNO2/c1-11-8-16(10-14(7-15)18-11)9-12-4-3-5-13(6-12)17-2/h3-6,11,14H,7-10H2,1-2H3. The Hall–Kier alpha value is -0.580. The van der Waals surface area contributed by atoms with Gasteiger partial charge in [-0.15, -0.1) is 0 Å². The van der Waals surface area contributed by atoms with Gasteiger partial charge in [0.2, 0.25) is 0 Å². The zero-order valence-corrected chi connectivity index (χ0v) is 12.5. The van der Waals surface area contributed by atoms with Gasteiger partial charge in [-0.2, -0.15) is 0 Å². The van der Waals surface area contributed by atoms with E-state index < -0.39 is 0 Å². The highest BCUT2D eigenvalue weighted by Crippen LogP contribution is 2.18. The molecule has 1 aliphatic rings. The predicted octanol–water partition coefficient (Wildman–Crippen LogP) is 2.68. The molecule has 2 rings (SSSR count). The van der Waals surface area contributed by atoms with Gasteiger partial charge in [-0.1, -0.05) is 28.1 Å². The van der Waals surface area contributed by atoms with E-state index in [4.69, 9.17) is 9.47 Å². The molecule has 3 nitrogen and oxygen atoms in total. The Morgan fingerprint density at radius 1 is 1.44 bits per heavy atom. The van der Waals surface area contributed by atoms with Crippen LogP contribution in [0.15, 0.2) is 24.3 Å². The van der Waals surface area contributed by atoms with Crippen LogP contribution < -0.4 is 4.74 Å².